The zero-order valence-corrected chi connectivity index (χ0v) is 20.2. The van der Waals surface area contributed by atoms with Crippen LogP contribution in [0.1, 0.15) is 27.0 Å². The van der Waals surface area contributed by atoms with Gasteiger partial charge in [-0.15, -0.1) is 0 Å². The summed E-state index contributed by atoms with van der Waals surface area (Å²) in [6.07, 6.45) is 0.0489. The summed E-state index contributed by atoms with van der Waals surface area (Å²) in [7, 11) is 1.57. The summed E-state index contributed by atoms with van der Waals surface area (Å²) < 4.78 is 25.0. The lowest BCUT2D eigenvalue weighted by Crippen LogP contribution is -2.42. The van der Waals surface area contributed by atoms with Gasteiger partial charge in [-0.05, 0) is 45.0 Å². The van der Waals surface area contributed by atoms with E-state index in [0.717, 1.165) is 0 Å². The van der Waals surface area contributed by atoms with Crippen molar-refractivity contribution < 1.29 is 28.5 Å². The molecule has 0 unspecified atom stereocenters. The van der Waals surface area contributed by atoms with Gasteiger partial charge in [0.1, 0.15) is 24.3 Å². The number of carbonyl (C=O) groups excluding carboxylic acids is 2. The largest absolute Gasteiger partial charge is 0.497 e. The standard InChI is InChI=1S/C23H27N7O6/c1-5-24-20(31)16-15-17(36-23(2,3)35-15)21(34-16)30-11-27-14-18(25-10-26-19(14)30)29-22(32)28-12-6-8-13(33-4)9-7-12/h6-11,15-17,21H,5H2,1-4H3,(H,24,31)(H2,25,26,28,29,32)/t15-,16+,17-,21-/m1/s1. The summed E-state index contributed by atoms with van der Waals surface area (Å²) >= 11 is 0. The van der Waals surface area contributed by atoms with Crippen LogP contribution in [0.4, 0.5) is 16.3 Å². The van der Waals surface area contributed by atoms with Crippen LogP contribution in [0.25, 0.3) is 11.2 Å². The van der Waals surface area contributed by atoms with Crippen LogP contribution < -0.4 is 20.7 Å². The highest BCUT2D eigenvalue weighted by molar-refractivity contribution is 6.03. The molecule has 13 nitrogen and oxygen atoms in total. The zero-order valence-electron chi connectivity index (χ0n) is 20.2. The van der Waals surface area contributed by atoms with Gasteiger partial charge in [-0.3, -0.25) is 14.7 Å². The summed E-state index contributed by atoms with van der Waals surface area (Å²) in [5.41, 5.74) is 1.33. The van der Waals surface area contributed by atoms with Crippen LogP contribution in [0.5, 0.6) is 5.75 Å². The molecule has 13 heteroatoms. The molecule has 0 saturated carbocycles. The number of fused-ring (bicyclic) bond motifs is 2. The van der Waals surface area contributed by atoms with E-state index < -0.39 is 36.4 Å². The van der Waals surface area contributed by atoms with Crippen LogP contribution in [-0.2, 0) is 19.0 Å². The van der Waals surface area contributed by atoms with Crippen molar-refractivity contribution in [2.45, 2.75) is 51.1 Å². The van der Waals surface area contributed by atoms with Gasteiger partial charge in [0.25, 0.3) is 5.91 Å². The maximum Gasteiger partial charge on any atom is 0.324 e. The van der Waals surface area contributed by atoms with E-state index in [-0.39, 0.29) is 11.7 Å². The first kappa shape index (κ1) is 23.9. The van der Waals surface area contributed by atoms with Crippen molar-refractivity contribution in [1.82, 2.24) is 24.8 Å². The Balaban J connectivity index is 1.39. The maximum absolute atomic E-state index is 12.7. The molecule has 3 amide bonds. The average Bonchev–Trinajstić information content (AvgIpc) is 3.50. The first-order chi connectivity index (χ1) is 17.3. The van der Waals surface area contributed by atoms with Gasteiger partial charge in [0, 0.05) is 12.2 Å². The van der Waals surface area contributed by atoms with Crippen molar-refractivity contribution in [3.05, 3.63) is 36.9 Å². The molecule has 2 fully saturated rings. The van der Waals surface area contributed by atoms with Crippen molar-refractivity contribution in [2.24, 2.45) is 0 Å². The van der Waals surface area contributed by atoms with Crippen LogP contribution in [0.2, 0.25) is 0 Å². The van der Waals surface area contributed by atoms with Gasteiger partial charge in [0.15, 0.2) is 35.1 Å². The number of hydrogen-bond acceptors (Lipinski definition) is 9. The normalized spacial score (nSPS) is 24.3. The summed E-state index contributed by atoms with van der Waals surface area (Å²) in [4.78, 5) is 38.2. The Morgan fingerprint density at radius 2 is 1.83 bits per heavy atom. The molecule has 2 aliphatic heterocycles. The monoisotopic (exact) mass is 497 g/mol. The Kier molecular flexibility index (Phi) is 6.20. The van der Waals surface area contributed by atoms with E-state index in [0.29, 0.717) is 29.1 Å². The van der Waals surface area contributed by atoms with Crippen LogP contribution in [0, 0.1) is 0 Å². The van der Waals surface area contributed by atoms with E-state index in [1.807, 2.05) is 6.92 Å². The Hall–Kier alpha value is -3.81. The third kappa shape index (κ3) is 4.43. The number of rotatable bonds is 6. The third-order valence-corrected chi connectivity index (χ3v) is 5.85. The topological polar surface area (TPSA) is 151 Å². The zero-order chi connectivity index (χ0) is 25.4. The molecule has 5 rings (SSSR count). The van der Waals surface area contributed by atoms with E-state index in [2.05, 4.69) is 30.9 Å². The summed E-state index contributed by atoms with van der Waals surface area (Å²) in [5.74, 6) is -0.286. The molecule has 3 aromatic rings. The number of anilines is 2. The molecular formula is C23H27N7O6. The Bertz CT molecular complexity index is 1280. The molecule has 3 N–H and O–H groups in total. The molecule has 2 aliphatic rings. The Labute approximate surface area is 206 Å². The molecule has 0 bridgehead atoms. The second kappa shape index (κ2) is 9.33. The fourth-order valence-corrected chi connectivity index (χ4v) is 4.36. The van der Waals surface area contributed by atoms with E-state index in [1.165, 1.54) is 12.7 Å². The minimum atomic E-state index is -0.889. The number of hydrogen-bond donors (Lipinski definition) is 3. The number of nitrogens with one attached hydrogen (secondary N) is 3. The predicted molar refractivity (Wildman–Crippen MR) is 127 cm³/mol. The number of methoxy groups -OCH3 is 1. The number of carbonyl (C=O) groups is 2. The van der Waals surface area contributed by atoms with Gasteiger partial charge in [0.05, 0.1) is 13.4 Å². The van der Waals surface area contributed by atoms with Crippen LogP contribution in [-0.4, -0.2) is 69.2 Å². The van der Waals surface area contributed by atoms with Gasteiger partial charge in [-0.25, -0.2) is 19.7 Å². The number of amides is 3. The SMILES string of the molecule is CCNC(=O)[C@H]1O[C@@H](n2cnc3c(NC(=O)Nc4ccc(OC)cc4)ncnc32)[C@@H]2OC(C)(C)O[C@@H]21. The maximum atomic E-state index is 12.7. The van der Waals surface area contributed by atoms with Gasteiger partial charge in [-0.2, -0.15) is 0 Å². The number of ether oxygens (including phenoxy) is 4. The molecule has 0 spiro atoms. The highest BCUT2D eigenvalue weighted by atomic mass is 16.8. The molecule has 1 aromatic carbocycles. The fraction of sp³-hybridized carbons (Fsp3) is 0.435. The summed E-state index contributed by atoms with van der Waals surface area (Å²) in [5, 5.41) is 8.21. The second-order valence-corrected chi connectivity index (χ2v) is 8.76. The van der Waals surface area contributed by atoms with E-state index in [1.54, 1.807) is 49.8 Å². The first-order valence-electron chi connectivity index (χ1n) is 11.5. The van der Waals surface area contributed by atoms with Gasteiger partial charge in [0.2, 0.25) is 0 Å². The number of aromatic nitrogens is 4. The van der Waals surface area contributed by atoms with Crippen molar-refractivity contribution in [1.29, 1.82) is 0 Å². The lowest BCUT2D eigenvalue weighted by Gasteiger charge is -2.24. The molecule has 4 heterocycles. The van der Waals surface area contributed by atoms with Crippen molar-refractivity contribution in [2.75, 3.05) is 24.3 Å². The van der Waals surface area contributed by atoms with Crippen LogP contribution in [0.15, 0.2) is 36.9 Å². The summed E-state index contributed by atoms with van der Waals surface area (Å²) in [6, 6.07) is 6.40. The van der Waals surface area contributed by atoms with Crippen LogP contribution in [0.3, 0.4) is 0 Å². The van der Waals surface area contributed by atoms with Gasteiger partial charge < -0.3 is 29.6 Å². The highest BCUT2D eigenvalue weighted by Crippen LogP contribution is 2.44. The number of imidazole rings is 1. The summed E-state index contributed by atoms with van der Waals surface area (Å²) in [6.45, 7) is 5.86. The van der Waals surface area contributed by atoms with Gasteiger partial charge in [-0.1, -0.05) is 0 Å². The predicted octanol–water partition coefficient (Wildman–Crippen LogP) is 2.03. The quantitative estimate of drug-likeness (QED) is 0.465. The smallest absolute Gasteiger partial charge is 0.324 e. The first-order valence-corrected chi connectivity index (χ1v) is 11.5. The Morgan fingerprint density at radius 1 is 1.08 bits per heavy atom. The Morgan fingerprint density at radius 3 is 2.56 bits per heavy atom. The van der Waals surface area contributed by atoms with Crippen molar-refractivity contribution >= 4 is 34.6 Å². The van der Waals surface area contributed by atoms with Crippen molar-refractivity contribution in [3.8, 4) is 5.75 Å². The fourth-order valence-electron chi connectivity index (χ4n) is 4.36. The number of likely N-dealkylation sites (N-methyl/N-ethyl adjacent to an activating group) is 1. The minimum Gasteiger partial charge on any atom is -0.497 e. The van der Waals surface area contributed by atoms with Crippen LogP contribution >= 0.6 is 0 Å². The van der Waals surface area contributed by atoms with Crippen molar-refractivity contribution in [3.63, 3.8) is 0 Å². The molecular weight excluding hydrogens is 470 g/mol. The molecule has 0 radical (unpaired) electrons. The molecule has 2 saturated heterocycles. The van der Waals surface area contributed by atoms with E-state index >= 15 is 0 Å². The van der Waals surface area contributed by atoms with Gasteiger partial charge >= 0.3 is 6.03 Å². The molecule has 190 valence electrons. The third-order valence-electron chi connectivity index (χ3n) is 5.85. The highest BCUT2D eigenvalue weighted by Gasteiger charge is 2.58. The lowest BCUT2D eigenvalue weighted by atomic mass is 10.1. The minimum absolute atomic E-state index is 0.212. The average molecular weight is 498 g/mol. The molecule has 0 aliphatic carbocycles. The van der Waals surface area contributed by atoms with E-state index in [9.17, 15) is 9.59 Å². The second-order valence-electron chi connectivity index (χ2n) is 8.76. The molecule has 2 aromatic heterocycles. The lowest BCUT2D eigenvalue weighted by molar-refractivity contribution is -0.197. The van der Waals surface area contributed by atoms with E-state index in [4.69, 9.17) is 18.9 Å². The number of benzene rings is 1. The molecule has 4 atom stereocenters. The number of urea groups is 1. The molecule has 36 heavy (non-hydrogen) atoms. The number of nitrogens with zero attached hydrogens (tertiary/aromatic N) is 4.